The summed E-state index contributed by atoms with van der Waals surface area (Å²) in [4.78, 5) is 68.8. The highest BCUT2D eigenvalue weighted by atomic mass is 32.2. The van der Waals surface area contributed by atoms with E-state index >= 15 is 0 Å². The molecular weight excluding hydrogens is 893 g/mol. The lowest BCUT2D eigenvalue weighted by atomic mass is 9.70. The number of aliphatic carboxylic acids is 2. The van der Waals surface area contributed by atoms with Gasteiger partial charge in [-0.2, -0.15) is 0 Å². The molecule has 2 unspecified atom stereocenters. The Bertz CT molecular complexity index is 2150. The number of carboxylic acids is 2. The zero-order chi connectivity index (χ0) is 47.2. The molecule has 2 aliphatic heterocycles. The number of carbonyl (C=O) groups is 4. The molecule has 0 bridgehead atoms. The lowest BCUT2D eigenvalue weighted by Gasteiger charge is -2.42. The van der Waals surface area contributed by atoms with E-state index in [-0.39, 0.29) is 23.9 Å². The Labute approximate surface area is 410 Å². The molecule has 4 fully saturated rings. The third-order valence-corrected chi connectivity index (χ3v) is 16.5. The maximum atomic E-state index is 13.8. The number of nitrogens with zero attached hydrogens (tertiary/aromatic N) is 4. The maximum absolute atomic E-state index is 13.8. The summed E-state index contributed by atoms with van der Waals surface area (Å²) in [5, 5.41) is 29.8. The minimum Gasteiger partial charge on any atom is -0.481 e. The molecule has 362 valence electrons. The average molecular weight is 961 g/mol. The monoisotopic (exact) mass is 960 g/mol. The molecule has 2 aromatic carbocycles. The smallest absolute Gasteiger partial charge is 0.307 e. The normalized spacial score (nSPS) is 20.3. The topological polar surface area (TPSA) is 165 Å². The highest BCUT2D eigenvalue weighted by molar-refractivity contribution is 7.99. The summed E-state index contributed by atoms with van der Waals surface area (Å²) in [7, 11) is 0. The van der Waals surface area contributed by atoms with Crippen LogP contribution in [0.25, 0.3) is 0 Å². The molecule has 68 heavy (non-hydrogen) atoms. The zero-order valence-corrected chi connectivity index (χ0v) is 40.9. The van der Waals surface area contributed by atoms with Crippen LogP contribution in [0.5, 0.6) is 0 Å². The number of carboxylic acid groups (broad SMARTS) is 2. The van der Waals surface area contributed by atoms with Crippen LogP contribution in [0.3, 0.4) is 0 Å². The summed E-state index contributed by atoms with van der Waals surface area (Å²) >= 11 is 3.12. The molecule has 4 atom stereocenters. The van der Waals surface area contributed by atoms with Crippen molar-refractivity contribution in [3.8, 4) is 0 Å². The molecule has 4 heterocycles. The number of pyridine rings is 2. The first-order valence-electron chi connectivity index (χ1n) is 25.1. The van der Waals surface area contributed by atoms with Crippen LogP contribution in [0.1, 0.15) is 122 Å². The van der Waals surface area contributed by atoms with Gasteiger partial charge in [-0.15, -0.1) is 23.5 Å². The summed E-state index contributed by atoms with van der Waals surface area (Å²) in [5.41, 5.74) is 3.51. The largest absolute Gasteiger partial charge is 0.481 e. The quantitative estimate of drug-likeness (QED) is 0.0659. The number of hydrogen-bond acceptors (Lipinski definition) is 10. The maximum Gasteiger partial charge on any atom is 0.307 e. The first-order valence-corrected chi connectivity index (χ1v) is 27.1. The van der Waals surface area contributed by atoms with Gasteiger partial charge in [0.05, 0.1) is 23.0 Å². The molecule has 2 saturated carbocycles. The predicted octanol–water partition coefficient (Wildman–Crippen LogP) is 9.81. The summed E-state index contributed by atoms with van der Waals surface area (Å²) in [6.07, 6.45) is 14.9. The molecular formula is C54H68N6O6S2. The summed E-state index contributed by atoms with van der Waals surface area (Å²) in [6, 6.07) is 28.3. The number of aromatic nitrogens is 2. The molecule has 4 aliphatic rings. The second-order valence-electron chi connectivity index (χ2n) is 19.3. The molecule has 0 radical (unpaired) electrons. The Morgan fingerprint density at radius 2 is 0.926 bits per heavy atom. The molecule has 4 N–H and O–H groups in total. The second-order valence-corrected chi connectivity index (χ2v) is 21.4. The van der Waals surface area contributed by atoms with Crippen LogP contribution in [0.2, 0.25) is 0 Å². The van der Waals surface area contributed by atoms with Crippen LogP contribution in [0, 0.1) is 23.7 Å². The van der Waals surface area contributed by atoms with Crippen LogP contribution in [-0.4, -0.2) is 93.7 Å². The third kappa shape index (κ3) is 13.2. The number of aryl methyl sites for hydroxylation is 2. The molecule has 0 spiro atoms. The van der Waals surface area contributed by atoms with Gasteiger partial charge in [0.2, 0.25) is 0 Å². The summed E-state index contributed by atoms with van der Waals surface area (Å²) < 4.78 is 0. The zero-order valence-electron chi connectivity index (χ0n) is 39.2. The average Bonchev–Trinajstić information content (AvgIpc) is 3.36. The van der Waals surface area contributed by atoms with E-state index in [1.165, 1.54) is 24.0 Å². The summed E-state index contributed by atoms with van der Waals surface area (Å²) in [5.74, 6) is -2.72. The lowest BCUT2D eigenvalue weighted by molar-refractivity contribution is -0.159. The van der Waals surface area contributed by atoms with Crippen molar-refractivity contribution in [3.63, 3.8) is 0 Å². The van der Waals surface area contributed by atoms with Crippen molar-refractivity contribution < 1.29 is 29.4 Å². The Kier molecular flexibility index (Phi) is 17.8. The molecule has 2 amide bonds. The minimum absolute atomic E-state index is 0.115. The molecule has 14 heteroatoms. The fourth-order valence-corrected chi connectivity index (χ4v) is 13.0. The number of benzene rings is 2. The number of piperidine rings is 2. The molecule has 2 aromatic heterocycles. The van der Waals surface area contributed by atoms with Gasteiger partial charge in [0, 0.05) is 49.8 Å². The van der Waals surface area contributed by atoms with Gasteiger partial charge in [-0.05, 0) is 111 Å². The van der Waals surface area contributed by atoms with Crippen molar-refractivity contribution >= 4 is 58.9 Å². The van der Waals surface area contributed by atoms with Gasteiger partial charge >= 0.3 is 11.9 Å². The van der Waals surface area contributed by atoms with Crippen molar-refractivity contribution in [1.29, 1.82) is 0 Å². The van der Waals surface area contributed by atoms with Crippen molar-refractivity contribution in [2.24, 2.45) is 23.7 Å². The molecule has 12 nitrogen and oxygen atoms in total. The highest BCUT2D eigenvalue weighted by Gasteiger charge is 2.46. The van der Waals surface area contributed by atoms with Crippen LogP contribution < -0.4 is 20.4 Å². The van der Waals surface area contributed by atoms with Crippen molar-refractivity contribution in [2.75, 3.05) is 47.5 Å². The van der Waals surface area contributed by atoms with Crippen LogP contribution in [0.15, 0.2) is 95.0 Å². The Morgan fingerprint density at radius 3 is 1.31 bits per heavy atom. The van der Waals surface area contributed by atoms with Crippen LogP contribution in [-0.2, 0) is 22.4 Å². The van der Waals surface area contributed by atoms with Gasteiger partial charge in [0.25, 0.3) is 11.8 Å². The molecule has 2 saturated heterocycles. The summed E-state index contributed by atoms with van der Waals surface area (Å²) in [6.45, 7) is 2.00. The second kappa shape index (κ2) is 24.5. The van der Waals surface area contributed by atoms with E-state index < -0.39 is 35.6 Å². The fourth-order valence-electron chi connectivity index (χ4n) is 10.9. The Hall–Kier alpha value is -5.08. The Morgan fingerprint density at radius 1 is 0.529 bits per heavy atom. The van der Waals surface area contributed by atoms with E-state index in [4.69, 9.17) is 9.97 Å². The van der Waals surface area contributed by atoms with Gasteiger partial charge in [-0.1, -0.05) is 99.2 Å². The number of nitrogens with one attached hydrogen (secondary N) is 2. The first-order chi connectivity index (χ1) is 33.2. The van der Waals surface area contributed by atoms with Gasteiger partial charge in [-0.25, -0.2) is 9.97 Å². The number of amides is 2. The van der Waals surface area contributed by atoms with Gasteiger partial charge in [0.15, 0.2) is 0 Å². The van der Waals surface area contributed by atoms with E-state index in [2.05, 4.69) is 44.7 Å². The molecule has 2 aliphatic carbocycles. The number of rotatable bonds is 19. The van der Waals surface area contributed by atoms with E-state index in [1.54, 1.807) is 23.5 Å². The number of anilines is 2. The number of hydrogen-bond donors (Lipinski definition) is 4. The first kappa shape index (κ1) is 49.3. The fraction of sp³-hybridized carbons (Fsp3) is 0.519. The van der Waals surface area contributed by atoms with Crippen LogP contribution >= 0.6 is 23.5 Å². The predicted molar refractivity (Wildman–Crippen MR) is 271 cm³/mol. The third-order valence-electron chi connectivity index (χ3n) is 14.5. The molecule has 4 aromatic rings. The van der Waals surface area contributed by atoms with Gasteiger partial charge < -0.3 is 30.6 Å². The van der Waals surface area contributed by atoms with E-state index in [1.807, 2.05) is 60.7 Å². The minimum atomic E-state index is -1.12. The Balaban J connectivity index is 0.988. The van der Waals surface area contributed by atoms with E-state index in [0.29, 0.717) is 84.7 Å². The number of carbonyl (C=O) groups excluding carboxylic acids is 2. The van der Waals surface area contributed by atoms with Crippen molar-refractivity contribution in [2.45, 2.75) is 125 Å². The number of thioether (sulfide) groups is 2. The van der Waals surface area contributed by atoms with Crippen molar-refractivity contribution in [3.05, 3.63) is 107 Å². The standard InChI is InChI=1S/C54H68N6O6S2/c61-49(55-41-21-9-3-10-22-41)43-25-27-45(57-51(43)67-33-29-37-15-5-1-6-16-37)59-31-13-19-39(35-59)47(53(63)64)48(54(65)66)40-20-14-32-60(36-40)46-28-26-44(50(62)56-42-23-11-4-12-24-42)52(58-46)68-34-30-38-17-7-2-8-18-38/h1-2,5-8,15-18,25-28,39-42,47-48H,3-4,9-14,19-24,29-36H2,(H,55,61)(H,56,62)(H,63,64)(H,65,66)/t39-,40+,47?,48?. The molecule has 8 rings (SSSR count). The SMILES string of the molecule is O=C(NC1CCCCC1)c1ccc(N2CCC[C@@H](C(C(=O)O)C(C(=O)O)[C@H]3CCCN(c4ccc(C(=O)NC5CCCCC5)c(SCCc5ccccc5)n4)C3)C2)nc1SCCc1ccccc1. The highest BCUT2D eigenvalue weighted by Crippen LogP contribution is 2.40. The van der Waals surface area contributed by atoms with Crippen molar-refractivity contribution in [1.82, 2.24) is 20.6 Å². The van der Waals surface area contributed by atoms with Gasteiger partial charge in [0.1, 0.15) is 21.7 Å². The van der Waals surface area contributed by atoms with Crippen LogP contribution in [0.4, 0.5) is 11.6 Å². The lowest BCUT2D eigenvalue weighted by Crippen LogP contribution is -2.50. The van der Waals surface area contributed by atoms with E-state index in [0.717, 1.165) is 75.7 Å². The van der Waals surface area contributed by atoms with E-state index in [9.17, 15) is 29.4 Å². The van der Waals surface area contributed by atoms with Gasteiger partial charge in [-0.3, -0.25) is 19.2 Å².